The van der Waals surface area contributed by atoms with Crippen LogP contribution in [0.4, 0.5) is 16.2 Å². The van der Waals surface area contributed by atoms with Crippen LogP contribution in [0.15, 0.2) is 48.5 Å². The Morgan fingerprint density at radius 3 is 2.40 bits per heavy atom. The molecule has 11 heteroatoms. The van der Waals surface area contributed by atoms with Gasteiger partial charge in [-0.2, -0.15) is 0 Å². The second-order valence-electron chi connectivity index (χ2n) is 16.1. The number of anilines is 2. The molecule has 3 unspecified atom stereocenters. The summed E-state index contributed by atoms with van der Waals surface area (Å²) < 4.78 is 22.9. The lowest BCUT2D eigenvalue weighted by Crippen LogP contribution is -2.53. The van der Waals surface area contributed by atoms with Crippen LogP contribution >= 0.6 is 0 Å². The Hall–Kier alpha value is -3.96. The van der Waals surface area contributed by atoms with Gasteiger partial charge in [0.05, 0.1) is 18.2 Å². The second-order valence-corrected chi connectivity index (χ2v) is 16.1. The zero-order valence-corrected chi connectivity index (χ0v) is 32.7. The molecular formula is C42H59N3O8. The monoisotopic (exact) mass is 733 g/mol. The van der Waals surface area contributed by atoms with Crippen molar-refractivity contribution >= 4 is 35.1 Å². The van der Waals surface area contributed by atoms with Crippen molar-refractivity contribution in [3.63, 3.8) is 0 Å². The maximum atomic E-state index is 14.7. The van der Waals surface area contributed by atoms with E-state index in [0.717, 1.165) is 19.3 Å². The minimum absolute atomic E-state index is 0.00884. The Balaban J connectivity index is 1.36. The van der Waals surface area contributed by atoms with Gasteiger partial charge in [-0.05, 0) is 104 Å². The van der Waals surface area contributed by atoms with Crippen molar-refractivity contribution in [2.45, 2.75) is 110 Å². The number of nitrogens with zero attached hydrogens (tertiary/aromatic N) is 3. The summed E-state index contributed by atoms with van der Waals surface area (Å²) in [4.78, 5) is 60.7. The number of carbonyl (C=O) groups excluding carboxylic acids is 4. The first-order valence-corrected chi connectivity index (χ1v) is 19.3. The van der Waals surface area contributed by atoms with E-state index < -0.39 is 29.1 Å². The lowest BCUT2D eigenvalue weighted by atomic mass is 9.83. The van der Waals surface area contributed by atoms with E-state index in [1.54, 1.807) is 30.8 Å². The predicted molar refractivity (Wildman–Crippen MR) is 204 cm³/mol. The molecule has 0 N–H and O–H groups in total. The van der Waals surface area contributed by atoms with Crippen LogP contribution in [-0.2, 0) is 28.6 Å². The Labute approximate surface area is 315 Å². The number of carbonyl (C=O) groups is 4. The second kappa shape index (κ2) is 17.5. The van der Waals surface area contributed by atoms with Gasteiger partial charge in [0.15, 0.2) is 5.60 Å². The summed E-state index contributed by atoms with van der Waals surface area (Å²) in [5.74, 6) is -0.585. The summed E-state index contributed by atoms with van der Waals surface area (Å²) in [5, 5.41) is 0. The molecule has 53 heavy (non-hydrogen) atoms. The van der Waals surface area contributed by atoms with Crippen LogP contribution in [0.5, 0.6) is 5.75 Å². The van der Waals surface area contributed by atoms with E-state index in [2.05, 4.69) is 12.1 Å². The normalized spacial score (nSPS) is 20.3. The third-order valence-corrected chi connectivity index (χ3v) is 10.2. The van der Waals surface area contributed by atoms with Crippen LogP contribution in [0.1, 0.15) is 98.0 Å². The molecule has 2 heterocycles. The van der Waals surface area contributed by atoms with Crippen LogP contribution in [0.2, 0.25) is 0 Å². The molecule has 1 saturated heterocycles. The summed E-state index contributed by atoms with van der Waals surface area (Å²) in [6.45, 7) is 13.5. The highest BCUT2D eigenvalue weighted by molar-refractivity contribution is 6.04. The molecule has 0 radical (unpaired) electrons. The summed E-state index contributed by atoms with van der Waals surface area (Å²) in [6, 6.07) is 15.8. The molecule has 3 amide bonds. The molecule has 0 spiro atoms. The molecule has 0 bridgehead atoms. The Bertz CT molecular complexity index is 1580. The van der Waals surface area contributed by atoms with Crippen molar-refractivity contribution in [2.24, 2.45) is 11.8 Å². The van der Waals surface area contributed by atoms with Gasteiger partial charge in [-0.15, -0.1) is 0 Å². The lowest BCUT2D eigenvalue weighted by molar-refractivity contribution is -0.132. The number of hydrogen-bond acceptors (Lipinski definition) is 8. The van der Waals surface area contributed by atoms with E-state index in [0.29, 0.717) is 69.2 Å². The smallest absolute Gasteiger partial charge is 0.410 e. The number of ether oxygens (including phenoxy) is 4. The molecule has 290 valence electrons. The van der Waals surface area contributed by atoms with Crippen molar-refractivity contribution in [3.8, 4) is 5.75 Å². The number of piperidine rings is 1. The summed E-state index contributed by atoms with van der Waals surface area (Å²) >= 11 is 0. The number of ketones is 1. The molecular weight excluding hydrogens is 674 g/mol. The molecule has 11 nitrogen and oxygen atoms in total. The number of amides is 3. The molecule has 3 aliphatic rings. The average Bonchev–Trinajstić information content (AvgIpc) is 3.96. The number of methoxy groups -OCH3 is 1. The van der Waals surface area contributed by atoms with Gasteiger partial charge < -0.3 is 33.6 Å². The van der Waals surface area contributed by atoms with Crippen molar-refractivity contribution in [2.75, 3.05) is 56.4 Å². The van der Waals surface area contributed by atoms with Crippen molar-refractivity contribution < 1.29 is 38.1 Å². The first-order chi connectivity index (χ1) is 25.2. The molecule has 1 aliphatic carbocycles. The molecule has 2 fully saturated rings. The van der Waals surface area contributed by atoms with Crippen LogP contribution in [0, 0.1) is 11.8 Å². The van der Waals surface area contributed by atoms with Gasteiger partial charge in [-0.3, -0.25) is 14.4 Å². The Morgan fingerprint density at radius 2 is 1.74 bits per heavy atom. The van der Waals surface area contributed by atoms with E-state index in [9.17, 15) is 19.2 Å². The number of likely N-dealkylation sites (tertiary alicyclic amines) is 1. The molecule has 1 saturated carbocycles. The zero-order chi connectivity index (χ0) is 38.3. The molecule has 5 rings (SSSR count). The van der Waals surface area contributed by atoms with Crippen LogP contribution < -0.4 is 14.5 Å². The fourth-order valence-corrected chi connectivity index (χ4v) is 7.39. The van der Waals surface area contributed by atoms with Crippen molar-refractivity contribution in [3.05, 3.63) is 54.1 Å². The average molecular weight is 734 g/mol. The minimum atomic E-state index is -1.03. The van der Waals surface area contributed by atoms with Crippen LogP contribution in [0.25, 0.3) is 0 Å². The van der Waals surface area contributed by atoms with Gasteiger partial charge in [-0.1, -0.05) is 30.3 Å². The first-order valence-electron chi connectivity index (χ1n) is 19.3. The number of hydrogen-bond donors (Lipinski definition) is 0. The van der Waals surface area contributed by atoms with E-state index in [1.807, 2.05) is 69.0 Å². The zero-order valence-electron chi connectivity index (χ0n) is 32.7. The maximum absolute atomic E-state index is 14.7. The number of fused-ring (bicyclic) bond motifs is 1. The van der Waals surface area contributed by atoms with Gasteiger partial charge in [0, 0.05) is 69.9 Å². The molecule has 0 aromatic heterocycles. The quantitative estimate of drug-likeness (QED) is 0.167. The van der Waals surface area contributed by atoms with Crippen molar-refractivity contribution in [1.29, 1.82) is 0 Å². The van der Waals surface area contributed by atoms with E-state index in [4.69, 9.17) is 18.9 Å². The van der Waals surface area contributed by atoms with E-state index >= 15 is 0 Å². The van der Waals surface area contributed by atoms with Gasteiger partial charge in [0.25, 0.3) is 5.91 Å². The highest BCUT2D eigenvalue weighted by Crippen LogP contribution is 2.43. The van der Waals surface area contributed by atoms with Crippen molar-refractivity contribution in [1.82, 2.24) is 4.90 Å². The summed E-state index contributed by atoms with van der Waals surface area (Å²) in [6.07, 6.45) is 3.98. The van der Waals surface area contributed by atoms with Gasteiger partial charge in [0.1, 0.15) is 17.1 Å². The van der Waals surface area contributed by atoms with E-state index in [-0.39, 0.29) is 42.6 Å². The molecule has 3 atom stereocenters. The third-order valence-electron chi connectivity index (χ3n) is 10.2. The van der Waals surface area contributed by atoms with Crippen LogP contribution in [-0.4, -0.2) is 92.4 Å². The topological polar surface area (TPSA) is 115 Å². The number of Topliss-reactive ketones (excluding diaryl/α,β-unsaturated/α-hetero) is 1. The summed E-state index contributed by atoms with van der Waals surface area (Å²) in [7, 11) is 1.63. The van der Waals surface area contributed by atoms with Gasteiger partial charge in [0.2, 0.25) is 5.91 Å². The largest absolute Gasteiger partial charge is 0.476 e. The SMILES string of the molecule is CCOCC(CCCC(=O)C1CC(C(=O)N(c2ccc3c(c2)N(CCCOC)C(=O)C(C)(C)O3)C2CC2)CN(C(=O)OC(C)(C)C)C1)c1ccccc1. The number of rotatable bonds is 16. The highest BCUT2D eigenvalue weighted by Gasteiger charge is 2.45. The predicted octanol–water partition coefficient (Wildman–Crippen LogP) is 7.16. The highest BCUT2D eigenvalue weighted by atomic mass is 16.6. The van der Waals surface area contributed by atoms with Gasteiger partial charge in [-0.25, -0.2) is 4.79 Å². The Morgan fingerprint density at radius 1 is 1.02 bits per heavy atom. The third kappa shape index (κ3) is 10.4. The fraction of sp³-hybridized carbons (Fsp3) is 0.619. The Kier molecular flexibility index (Phi) is 13.2. The van der Waals surface area contributed by atoms with Gasteiger partial charge >= 0.3 is 6.09 Å². The van der Waals surface area contributed by atoms with Crippen LogP contribution in [0.3, 0.4) is 0 Å². The number of benzene rings is 2. The molecule has 2 aromatic rings. The minimum Gasteiger partial charge on any atom is -0.476 e. The lowest BCUT2D eigenvalue weighted by Gasteiger charge is -2.40. The first kappa shape index (κ1) is 40.2. The molecule has 2 aliphatic heterocycles. The standard InChI is InChI=1S/C42H59N3O8/c1-8-51-28-30(29-14-10-9-11-15-29)16-12-17-36(46)31-24-32(27-43(26-31)40(49)53-41(2,3)4)38(47)45(33-18-19-33)34-20-21-37-35(25-34)44(22-13-23-50-7)39(48)42(5,6)52-37/h9-11,14-15,20-21,25,30-33H,8,12-13,16-19,22-24,26-28H2,1-7H3. The summed E-state index contributed by atoms with van der Waals surface area (Å²) in [5.41, 5.74) is 0.711. The molecule has 2 aromatic carbocycles. The van der Waals surface area contributed by atoms with E-state index in [1.165, 1.54) is 5.56 Å². The maximum Gasteiger partial charge on any atom is 0.410 e. The fourth-order valence-electron chi connectivity index (χ4n) is 7.39.